The number of hydrogen-bond acceptors (Lipinski definition) is 3. The molecule has 0 radical (unpaired) electrons. The first-order valence-electron chi connectivity index (χ1n) is 4.63. The first-order chi connectivity index (χ1) is 6.74. The normalized spacial score (nSPS) is 19.0. The SMILES string of the molecule is COCc1cccc(C2(O)CSC2)c1. The number of ether oxygens (including phenoxy) is 1. The van der Waals surface area contributed by atoms with Crippen molar-refractivity contribution in [1.82, 2.24) is 0 Å². The molecular formula is C11H14O2S. The molecule has 1 aliphatic rings. The lowest BCUT2D eigenvalue weighted by Gasteiger charge is -2.36. The topological polar surface area (TPSA) is 29.5 Å². The van der Waals surface area contributed by atoms with Crippen molar-refractivity contribution in [3.05, 3.63) is 35.4 Å². The summed E-state index contributed by atoms with van der Waals surface area (Å²) in [6.45, 7) is 0.608. The van der Waals surface area contributed by atoms with E-state index in [1.807, 2.05) is 24.3 Å². The van der Waals surface area contributed by atoms with Crippen LogP contribution < -0.4 is 0 Å². The molecule has 1 aromatic rings. The lowest BCUT2D eigenvalue weighted by Crippen LogP contribution is -2.39. The summed E-state index contributed by atoms with van der Waals surface area (Å²) in [5.41, 5.74) is 1.55. The predicted octanol–water partition coefficient (Wildman–Crippen LogP) is 1.77. The fourth-order valence-corrected chi connectivity index (χ4v) is 2.50. The van der Waals surface area contributed by atoms with Crippen molar-refractivity contribution in [3.63, 3.8) is 0 Å². The monoisotopic (exact) mass is 210 g/mol. The third-order valence-electron chi connectivity index (χ3n) is 2.46. The smallest absolute Gasteiger partial charge is 0.108 e. The molecule has 1 saturated heterocycles. The van der Waals surface area contributed by atoms with Crippen LogP contribution in [0.1, 0.15) is 11.1 Å². The highest BCUT2D eigenvalue weighted by molar-refractivity contribution is 8.00. The lowest BCUT2D eigenvalue weighted by molar-refractivity contribution is 0.0765. The Bertz CT molecular complexity index is 321. The molecule has 0 aromatic heterocycles. The summed E-state index contributed by atoms with van der Waals surface area (Å²) < 4.78 is 5.06. The van der Waals surface area contributed by atoms with Crippen LogP contribution in [0.15, 0.2) is 24.3 Å². The van der Waals surface area contributed by atoms with Crippen molar-refractivity contribution >= 4 is 11.8 Å². The Labute approximate surface area is 88.3 Å². The van der Waals surface area contributed by atoms with Crippen molar-refractivity contribution in [3.8, 4) is 0 Å². The van der Waals surface area contributed by atoms with Crippen LogP contribution in [0.25, 0.3) is 0 Å². The summed E-state index contributed by atoms with van der Waals surface area (Å²) in [7, 11) is 1.68. The van der Waals surface area contributed by atoms with Crippen molar-refractivity contribution < 1.29 is 9.84 Å². The van der Waals surface area contributed by atoms with Gasteiger partial charge in [-0.25, -0.2) is 0 Å². The van der Waals surface area contributed by atoms with Crippen LogP contribution in [-0.4, -0.2) is 23.7 Å². The van der Waals surface area contributed by atoms with E-state index in [0.29, 0.717) is 6.61 Å². The van der Waals surface area contributed by atoms with Crippen molar-refractivity contribution in [1.29, 1.82) is 0 Å². The molecule has 0 bridgehead atoms. The van der Waals surface area contributed by atoms with E-state index in [1.165, 1.54) is 0 Å². The second-order valence-electron chi connectivity index (χ2n) is 3.66. The Kier molecular flexibility index (Phi) is 2.81. The minimum atomic E-state index is -0.589. The van der Waals surface area contributed by atoms with Gasteiger partial charge in [-0.15, -0.1) is 0 Å². The first-order valence-corrected chi connectivity index (χ1v) is 5.78. The molecule has 0 atom stereocenters. The van der Waals surface area contributed by atoms with Crippen molar-refractivity contribution in [2.24, 2.45) is 0 Å². The van der Waals surface area contributed by atoms with Crippen LogP contribution in [0.5, 0.6) is 0 Å². The number of rotatable bonds is 3. The van der Waals surface area contributed by atoms with Gasteiger partial charge >= 0.3 is 0 Å². The Morgan fingerprint density at radius 2 is 2.29 bits per heavy atom. The maximum absolute atomic E-state index is 10.1. The highest BCUT2D eigenvalue weighted by Crippen LogP contribution is 2.38. The molecule has 1 aliphatic heterocycles. The molecule has 0 saturated carbocycles. The standard InChI is InChI=1S/C11H14O2S/c1-13-6-9-3-2-4-10(5-9)11(12)7-14-8-11/h2-5,12H,6-8H2,1H3. The molecule has 3 heteroatoms. The first kappa shape index (κ1) is 10.0. The molecule has 0 aliphatic carbocycles. The zero-order valence-electron chi connectivity index (χ0n) is 8.19. The number of aliphatic hydroxyl groups is 1. The molecule has 0 unspecified atom stereocenters. The number of methoxy groups -OCH3 is 1. The summed E-state index contributed by atoms with van der Waals surface area (Å²) in [6.07, 6.45) is 0. The van der Waals surface area contributed by atoms with E-state index in [2.05, 4.69) is 0 Å². The van der Waals surface area contributed by atoms with Gasteiger partial charge in [0.05, 0.1) is 6.61 Å². The molecule has 2 rings (SSSR count). The predicted molar refractivity (Wildman–Crippen MR) is 58.4 cm³/mol. The van der Waals surface area contributed by atoms with Gasteiger partial charge < -0.3 is 9.84 Å². The van der Waals surface area contributed by atoms with Crippen LogP contribution in [0.2, 0.25) is 0 Å². The van der Waals surface area contributed by atoms with Crippen LogP contribution >= 0.6 is 11.8 Å². The van der Waals surface area contributed by atoms with Gasteiger partial charge in [-0.05, 0) is 11.1 Å². The minimum Gasteiger partial charge on any atom is -0.383 e. The van der Waals surface area contributed by atoms with Gasteiger partial charge in [-0.2, -0.15) is 11.8 Å². The molecule has 76 valence electrons. The van der Waals surface area contributed by atoms with Crippen LogP contribution in [0, 0.1) is 0 Å². The number of hydrogen-bond donors (Lipinski definition) is 1. The largest absolute Gasteiger partial charge is 0.383 e. The average Bonchev–Trinajstić information content (AvgIpc) is 2.15. The fraction of sp³-hybridized carbons (Fsp3) is 0.455. The van der Waals surface area contributed by atoms with Gasteiger partial charge in [0.25, 0.3) is 0 Å². The van der Waals surface area contributed by atoms with E-state index >= 15 is 0 Å². The van der Waals surface area contributed by atoms with E-state index in [0.717, 1.165) is 22.6 Å². The van der Waals surface area contributed by atoms with Crippen LogP contribution in [0.3, 0.4) is 0 Å². The number of benzene rings is 1. The Hall–Kier alpha value is -0.510. The van der Waals surface area contributed by atoms with Crippen molar-refractivity contribution in [2.45, 2.75) is 12.2 Å². The molecule has 0 amide bonds. The fourth-order valence-electron chi connectivity index (χ4n) is 1.58. The van der Waals surface area contributed by atoms with Crippen LogP contribution in [-0.2, 0) is 16.9 Å². The average molecular weight is 210 g/mol. The Balaban J connectivity index is 2.21. The van der Waals surface area contributed by atoms with Gasteiger partial charge in [0.15, 0.2) is 0 Å². The highest BCUT2D eigenvalue weighted by Gasteiger charge is 2.37. The Morgan fingerprint density at radius 3 is 2.86 bits per heavy atom. The molecule has 1 heterocycles. The van der Waals surface area contributed by atoms with Gasteiger partial charge in [-0.3, -0.25) is 0 Å². The molecule has 0 spiro atoms. The van der Waals surface area contributed by atoms with E-state index < -0.39 is 5.60 Å². The maximum atomic E-state index is 10.1. The molecule has 1 fully saturated rings. The minimum absolute atomic E-state index is 0.589. The number of thioether (sulfide) groups is 1. The zero-order valence-corrected chi connectivity index (χ0v) is 9.01. The summed E-state index contributed by atoms with van der Waals surface area (Å²) in [4.78, 5) is 0. The Morgan fingerprint density at radius 1 is 1.50 bits per heavy atom. The van der Waals surface area contributed by atoms with E-state index in [4.69, 9.17) is 4.74 Å². The highest BCUT2D eigenvalue weighted by atomic mass is 32.2. The van der Waals surface area contributed by atoms with E-state index in [-0.39, 0.29) is 0 Å². The second-order valence-corrected chi connectivity index (χ2v) is 4.64. The van der Waals surface area contributed by atoms with Gasteiger partial charge in [0, 0.05) is 18.6 Å². The van der Waals surface area contributed by atoms with Crippen LogP contribution in [0.4, 0.5) is 0 Å². The third-order valence-corrected chi connectivity index (χ3v) is 3.82. The second kappa shape index (κ2) is 3.93. The molecule has 2 nitrogen and oxygen atoms in total. The van der Waals surface area contributed by atoms with Crippen molar-refractivity contribution in [2.75, 3.05) is 18.6 Å². The molecule has 1 aromatic carbocycles. The third kappa shape index (κ3) is 1.80. The van der Waals surface area contributed by atoms with Gasteiger partial charge in [0.2, 0.25) is 0 Å². The summed E-state index contributed by atoms with van der Waals surface area (Å²) in [5.74, 6) is 1.62. The maximum Gasteiger partial charge on any atom is 0.108 e. The molecule has 14 heavy (non-hydrogen) atoms. The lowest BCUT2D eigenvalue weighted by atomic mass is 9.95. The van der Waals surface area contributed by atoms with E-state index in [1.54, 1.807) is 18.9 Å². The van der Waals surface area contributed by atoms with E-state index in [9.17, 15) is 5.11 Å². The van der Waals surface area contributed by atoms with Gasteiger partial charge in [0.1, 0.15) is 5.60 Å². The molecule has 1 N–H and O–H groups in total. The summed E-state index contributed by atoms with van der Waals surface area (Å²) in [5, 5.41) is 10.1. The summed E-state index contributed by atoms with van der Waals surface area (Å²) in [6, 6.07) is 8.01. The summed E-state index contributed by atoms with van der Waals surface area (Å²) >= 11 is 1.78. The zero-order chi connectivity index (χ0) is 10.0. The van der Waals surface area contributed by atoms with Gasteiger partial charge in [-0.1, -0.05) is 24.3 Å². The quantitative estimate of drug-likeness (QED) is 0.824. The molecular weight excluding hydrogens is 196 g/mol.